The van der Waals surface area contributed by atoms with Crippen LogP contribution in [0.3, 0.4) is 0 Å². The molecule has 0 atom stereocenters. The van der Waals surface area contributed by atoms with Crippen LogP contribution < -0.4 is 0 Å². The Balaban J connectivity index is 3.50. The minimum atomic E-state index is -3.12. The second-order valence-electron chi connectivity index (χ2n) is 6.67. The van der Waals surface area contributed by atoms with E-state index in [1.807, 2.05) is 0 Å². The fourth-order valence-corrected chi connectivity index (χ4v) is 3.12. The van der Waals surface area contributed by atoms with Gasteiger partial charge in [0.05, 0.1) is 0 Å². The number of carboxylic acid groups (broad SMARTS) is 1. The van der Waals surface area contributed by atoms with E-state index in [-0.39, 0.29) is 6.42 Å². The van der Waals surface area contributed by atoms with Crippen molar-refractivity contribution >= 4 is 29.2 Å². The first kappa shape index (κ1) is 24.0. The van der Waals surface area contributed by atoms with Gasteiger partial charge in [0.25, 0.3) is 5.79 Å². The predicted octanol–water partition coefficient (Wildman–Crippen LogP) is 5.41. The lowest BCUT2D eigenvalue weighted by molar-refractivity contribution is -0.208. The van der Waals surface area contributed by atoms with Crippen molar-refractivity contribution in [2.45, 2.75) is 107 Å². The number of halogens is 2. The Morgan fingerprint density at radius 3 is 1.42 bits per heavy atom. The summed E-state index contributed by atoms with van der Waals surface area (Å²) in [5.74, 6) is -4.95. The van der Waals surface area contributed by atoms with Gasteiger partial charge in [-0.3, -0.25) is 0 Å². The number of rotatable bonds is 16. The average molecular weight is 385 g/mol. The van der Waals surface area contributed by atoms with E-state index in [0.717, 1.165) is 19.3 Å². The highest BCUT2D eigenvalue weighted by Gasteiger charge is 2.53. The number of carbonyl (C=O) groups is 1. The van der Waals surface area contributed by atoms with E-state index in [2.05, 4.69) is 6.92 Å². The molecule has 0 heterocycles. The molecule has 6 heteroatoms. The maximum atomic E-state index is 10.7. The van der Waals surface area contributed by atoms with Crippen LogP contribution in [-0.4, -0.2) is 31.4 Å². The first-order valence-electron chi connectivity index (χ1n) is 9.31. The summed E-state index contributed by atoms with van der Waals surface area (Å²) < 4.78 is -2.09. The maximum Gasteiger partial charge on any atom is 0.367 e. The molecule has 0 aromatic heterocycles. The number of hydrogen-bond donors (Lipinski definition) is 3. The fraction of sp³-hybridized carbons (Fsp3) is 0.944. The fourth-order valence-electron chi connectivity index (χ4n) is 2.70. The van der Waals surface area contributed by atoms with Crippen molar-refractivity contribution in [3.8, 4) is 0 Å². The summed E-state index contributed by atoms with van der Waals surface area (Å²) >= 11 is 11.5. The normalized spacial score (nSPS) is 12.5. The molecular weight excluding hydrogens is 351 g/mol. The van der Waals surface area contributed by atoms with Gasteiger partial charge in [-0.1, -0.05) is 114 Å². The first-order valence-corrected chi connectivity index (χ1v) is 10.1. The Morgan fingerprint density at radius 2 is 1.08 bits per heavy atom. The van der Waals surface area contributed by atoms with Gasteiger partial charge in [0.15, 0.2) is 4.33 Å². The van der Waals surface area contributed by atoms with Gasteiger partial charge in [-0.2, -0.15) is 0 Å². The van der Waals surface area contributed by atoms with Crippen LogP contribution in [0.1, 0.15) is 96.8 Å². The summed E-state index contributed by atoms with van der Waals surface area (Å²) in [4.78, 5) is 10.7. The molecule has 0 rings (SSSR count). The third-order valence-electron chi connectivity index (χ3n) is 4.40. The molecule has 0 saturated heterocycles. The van der Waals surface area contributed by atoms with Crippen LogP contribution in [0.5, 0.6) is 0 Å². The summed E-state index contributed by atoms with van der Waals surface area (Å²) in [6.45, 7) is 2.23. The summed E-state index contributed by atoms with van der Waals surface area (Å²) in [5.41, 5.74) is 0. The lowest BCUT2D eigenvalue weighted by atomic mass is 10.0. The van der Waals surface area contributed by atoms with Crippen molar-refractivity contribution in [1.29, 1.82) is 0 Å². The molecule has 0 aromatic carbocycles. The molecule has 0 radical (unpaired) electrons. The molecule has 0 aliphatic heterocycles. The molecule has 0 aliphatic carbocycles. The molecule has 0 amide bonds. The van der Waals surface area contributed by atoms with Gasteiger partial charge < -0.3 is 15.3 Å². The van der Waals surface area contributed by atoms with Crippen molar-refractivity contribution in [2.24, 2.45) is 0 Å². The van der Waals surface area contributed by atoms with Crippen molar-refractivity contribution in [1.82, 2.24) is 0 Å². The number of aliphatic carboxylic acids is 1. The topological polar surface area (TPSA) is 77.8 Å². The predicted molar refractivity (Wildman–Crippen MR) is 99.6 cm³/mol. The van der Waals surface area contributed by atoms with E-state index < -0.39 is 16.1 Å². The number of aliphatic hydroxyl groups is 2. The van der Waals surface area contributed by atoms with Crippen molar-refractivity contribution in [2.75, 3.05) is 0 Å². The van der Waals surface area contributed by atoms with Crippen molar-refractivity contribution in [3.63, 3.8) is 0 Å². The Morgan fingerprint density at radius 1 is 0.750 bits per heavy atom. The zero-order valence-corrected chi connectivity index (χ0v) is 16.4. The zero-order valence-electron chi connectivity index (χ0n) is 14.9. The van der Waals surface area contributed by atoms with Crippen LogP contribution in [0.4, 0.5) is 0 Å². The molecule has 144 valence electrons. The van der Waals surface area contributed by atoms with Gasteiger partial charge in [0.2, 0.25) is 0 Å². The van der Waals surface area contributed by atoms with Crippen LogP contribution in [-0.2, 0) is 4.79 Å². The van der Waals surface area contributed by atoms with Gasteiger partial charge >= 0.3 is 5.97 Å². The molecule has 0 spiro atoms. The average Bonchev–Trinajstić information content (AvgIpc) is 2.51. The highest BCUT2D eigenvalue weighted by molar-refractivity contribution is 6.50. The third kappa shape index (κ3) is 10.1. The molecule has 0 bridgehead atoms. The van der Waals surface area contributed by atoms with Gasteiger partial charge in [-0.15, -0.1) is 0 Å². The Bertz CT molecular complexity index is 333. The second kappa shape index (κ2) is 13.2. The van der Waals surface area contributed by atoms with Crippen molar-refractivity contribution < 1.29 is 20.1 Å². The van der Waals surface area contributed by atoms with Crippen molar-refractivity contribution in [3.05, 3.63) is 0 Å². The summed E-state index contributed by atoms with van der Waals surface area (Å²) in [6.07, 6.45) is 15.4. The first-order chi connectivity index (χ1) is 11.3. The van der Waals surface area contributed by atoms with E-state index in [1.165, 1.54) is 57.8 Å². The van der Waals surface area contributed by atoms with Gasteiger partial charge in [-0.05, 0) is 6.42 Å². The van der Waals surface area contributed by atoms with E-state index in [1.54, 1.807) is 0 Å². The summed E-state index contributed by atoms with van der Waals surface area (Å²) in [6, 6.07) is 0. The van der Waals surface area contributed by atoms with Crippen LogP contribution >= 0.6 is 23.2 Å². The van der Waals surface area contributed by atoms with Crippen LogP contribution in [0.25, 0.3) is 0 Å². The number of alkyl halides is 2. The minimum Gasteiger partial charge on any atom is -0.477 e. The highest BCUT2D eigenvalue weighted by Crippen LogP contribution is 2.37. The quantitative estimate of drug-likeness (QED) is 0.189. The van der Waals surface area contributed by atoms with Gasteiger partial charge in [0, 0.05) is 0 Å². The molecule has 0 unspecified atom stereocenters. The van der Waals surface area contributed by atoms with Crippen LogP contribution in [0, 0.1) is 0 Å². The third-order valence-corrected chi connectivity index (χ3v) is 5.31. The van der Waals surface area contributed by atoms with Gasteiger partial charge in [-0.25, -0.2) is 4.79 Å². The minimum absolute atomic E-state index is 0.0349. The Labute approximate surface area is 156 Å². The number of unbranched alkanes of at least 4 members (excludes halogenated alkanes) is 12. The van der Waals surface area contributed by atoms with E-state index in [4.69, 9.17) is 28.3 Å². The smallest absolute Gasteiger partial charge is 0.367 e. The molecule has 4 nitrogen and oxygen atoms in total. The van der Waals surface area contributed by atoms with Crippen LogP contribution in [0.15, 0.2) is 0 Å². The largest absolute Gasteiger partial charge is 0.477 e. The van der Waals surface area contributed by atoms with E-state index in [0.29, 0.717) is 6.42 Å². The number of hydrogen-bond acceptors (Lipinski definition) is 3. The lowest BCUT2D eigenvalue weighted by Crippen LogP contribution is -2.53. The second-order valence-corrected chi connectivity index (χ2v) is 8.16. The molecule has 3 N–H and O–H groups in total. The molecule has 0 aromatic rings. The monoisotopic (exact) mass is 384 g/mol. The maximum absolute atomic E-state index is 10.7. The molecule has 0 fully saturated rings. The zero-order chi connectivity index (χ0) is 18.5. The summed E-state index contributed by atoms with van der Waals surface area (Å²) in [7, 11) is 0. The van der Waals surface area contributed by atoms with Gasteiger partial charge in [0.1, 0.15) is 0 Å². The Hall–Kier alpha value is -0.0300. The summed E-state index contributed by atoms with van der Waals surface area (Å²) in [5, 5.41) is 27.5. The molecule has 0 saturated carbocycles. The van der Waals surface area contributed by atoms with Crippen LogP contribution in [0.2, 0.25) is 0 Å². The lowest BCUT2D eigenvalue weighted by Gasteiger charge is -2.29. The van der Waals surface area contributed by atoms with E-state index >= 15 is 0 Å². The SMILES string of the molecule is CCCCCCCCCCCCCCCC(Cl)(Cl)C(O)(O)C(=O)O. The molecule has 24 heavy (non-hydrogen) atoms. The Kier molecular flexibility index (Phi) is 13.2. The highest BCUT2D eigenvalue weighted by atomic mass is 35.5. The molecule has 0 aliphatic rings. The number of carboxylic acids is 1. The molecular formula is C18H34Cl2O4. The van der Waals surface area contributed by atoms with E-state index in [9.17, 15) is 15.0 Å². The standard InChI is InChI=1S/C18H34Cl2O4/c1-2-3-4-5-6-7-8-9-10-11-12-13-14-15-17(19,20)18(23,24)16(21)22/h23-24H,2-15H2,1H3,(H,21,22).